The monoisotopic (exact) mass is 268 g/mol. The van der Waals surface area contributed by atoms with Gasteiger partial charge < -0.3 is 15.0 Å². The lowest BCUT2D eigenvalue weighted by Crippen LogP contribution is -2.42. The first-order valence-electron chi connectivity index (χ1n) is 6.08. The number of halogens is 3. The van der Waals surface area contributed by atoms with E-state index in [1.807, 2.05) is 0 Å². The molecule has 0 radical (unpaired) electrons. The van der Waals surface area contributed by atoms with Crippen molar-refractivity contribution < 1.29 is 22.7 Å². The molecule has 1 aliphatic rings. The van der Waals surface area contributed by atoms with Crippen LogP contribution in [0.2, 0.25) is 0 Å². The van der Waals surface area contributed by atoms with Gasteiger partial charge in [0.25, 0.3) is 0 Å². The smallest absolute Gasteiger partial charge is 0.362 e. The second kappa shape index (κ2) is 6.94. The summed E-state index contributed by atoms with van der Waals surface area (Å²) in [5.74, 6) is -0.393. The summed E-state index contributed by atoms with van der Waals surface area (Å²) in [5.41, 5.74) is 0. The SMILES string of the molecule is CCN(CC1CCCN1)C(=O)COCC(F)(F)F. The first-order valence-corrected chi connectivity index (χ1v) is 6.08. The highest BCUT2D eigenvalue weighted by molar-refractivity contribution is 5.77. The second-order valence-corrected chi connectivity index (χ2v) is 4.33. The molecule has 1 rings (SSSR count). The molecule has 1 heterocycles. The number of carbonyl (C=O) groups is 1. The number of carbonyl (C=O) groups excluding carboxylic acids is 1. The third-order valence-electron chi connectivity index (χ3n) is 2.83. The Morgan fingerprint density at radius 1 is 1.50 bits per heavy atom. The highest BCUT2D eigenvalue weighted by atomic mass is 19.4. The summed E-state index contributed by atoms with van der Waals surface area (Å²) in [6, 6.07) is 0.247. The quantitative estimate of drug-likeness (QED) is 0.786. The van der Waals surface area contributed by atoms with Crippen LogP contribution in [-0.2, 0) is 9.53 Å². The summed E-state index contributed by atoms with van der Waals surface area (Å²) in [6.45, 7) is 1.85. The Morgan fingerprint density at radius 2 is 2.22 bits per heavy atom. The fraction of sp³-hybridized carbons (Fsp3) is 0.909. The van der Waals surface area contributed by atoms with E-state index in [0.717, 1.165) is 19.4 Å². The topological polar surface area (TPSA) is 41.6 Å². The van der Waals surface area contributed by atoms with Gasteiger partial charge in [0.2, 0.25) is 5.91 Å². The van der Waals surface area contributed by atoms with Crippen molar-refractivity contribution in [3.05, 3.63) is 0 Å². The molecule has 0 saturated carbocycles. The minimum Gasteiger partial charge on any atom is -0.362 e. The van der Waals surface area contributed by atoms with Crippen LogP contribution in [0.3, 0.4) is 0 Å². The molecule has 1 fully saturated rings. The molecule has 0 spiro atoms. The van der Waals surface area contributed by atoms with Crippen LogP contribution in [0.15, 0.2) is 0 Å². The molecule has 0 aromatic rings. The van der Waals surface area contributed by atoms with Gasteiger partial charge in [-0.05, 0) is 26.3 Å². The number of hydrogen-bond donors (Lipinski definition) is 1. The molecule has 0 bridgehead atoms. The van der Waals surface area contributed by atoms with Crippen LogP contribution in [0.1, 0.15) is 19.8 Å². The van der Waals surface area contributed by atoms with Gasteiger partial charge in [0.05, 0.1) is 0 Å². The minimum absolute atomic E-state index is 0.247. The van der Waals surface area contributed by atoms with Crippen LogP contribution in [0.5, 0.6) is 0 Å². The van der Waals surface area contributed by atoms with E-state index >= 15 is 0 Å². The first kappa shape index (κ1) is 15.2. The highest BCUT2D eigenvalue weighted by Crippen LogP contribution is 2.14. The molecule has 4 nitrogen and oxygen atoms in total. The Balaban J connectivity index is 2.28. The third-order valence-corrected chi connectivity index (χ3v) is 2.83. The van der Waals surface area contributed by atoms with E-state index in [-0.39, 0.29) is 6.04 Å². The number of nitrogens with zero attached hydrogens (tertiary/aromatic N) is 1. The molecule has 1 N–H and O–H groups in total. The van der Waals surface area contributed by atoms with Gasteiger partial charge >= 0.3 is 6.18 Å². The molecule has 0 aromatic heterocycles. The van der Waals surface area contributed by atoms with E-state index in [1.165, 1.54) is 4.90 Å². The fourth-order valence-electron chi connectivity index (χ4n) is 1.93. The summed E-state index contributed by atoms with van der Waals surface area (Å²) in [4.78, 5) is 13.2. The van der Waals surface area contributed by atoms with Crippen LogP contribution >= 0.6 is 0 Å². The summed E-state index contributed by atoms with van der Waals surface area (Å²) in [5, 5.41) is 3.24. The van der Waals surface area contributed by atoms with Gasteiger partial charge in [-0.15, -0.1) is 0 Å². The number of ether oxygens (including phenoxy) is 1. The molecule has 1 saturated heterocycles. The zero-order chi connectivity index (χ0) is 13.6. The van der Waals surface area contributed by atoms with Crippen LogP contribution < -0.4 is 5.32 Å². The fourth-order valence-corrected chi connectivity index (χ4v) is 1.93. The van der Waals surface area contributed by atoms with Crippen molar-refractivity contribution in [3.8, 4) is 0 Å². The second-order valence-electron chi connectivity index (χ2n) is 4.33. The van der Waals surface area contributed by atoms with Gasteiger partial charge in [-0.3, -0.25) is 4.79 Å². The van der Waals surface area contributed by atoms with Crippen LogP contribution in [0.25, 0.3) is 0 Å². The maximum absolute atomic E-state index is 11.9. The van der Waals surface area contributed by atoms with Crippen LogP contribution in [0.4, 0.5) is 13.2 Å². The maximum Gasteiger partial charge on any atom is 0.411 e. The molecular formula is C11H19F3N2O2. The number of alkyl halides is 3. The minimum atomic E-state index is -4.38. The average Bonchev–Trinajstić information content (AvgIpc) is 2.76. The van der Waals surface area contributed by atoms with Gasteiger partial charge in [-0.25, -0.2) is 0 Å². The van der Waals surface area contributed by atoms with E-state index in [1.54, 1.807) is 6.92 Å². The van der Waals surface area contributed by atoms with Gasteiger partial charge in [0, 0.05) is 19.1 Å². The standard InChI is InChI=1S/C11H19F3N2O2/c1-2-16(6-9-4-3-5-15-9)10(17)7-18-8-11(12,13)14/h9,15H,2-8H2,1H3. The summed E-state index contributed by atoms with van der Waals surface area (Å²) in [7, 11) is 0. The van der Waals surface area contributed by atoms with E-state index in [4.69, 9.17) is 0 Å². The Morgan fingerprint density at radius 3 is 2.72 bits per heavy atom. The molecular weight excluding hydrogens is 249 g/mol. The van der Waals surface area contributed by atoms with Crippen LogP contribution in [0, 0.1) is 0 Å². The summed E-state index contributed by atoms with van der Waals surface area (Å²) in [6.07, 6.45) is -2.32. The van der Waals surface area contributed by atoms with Crippen molar-refractivity contribution >= 4 is 5.91 Å². The normalized spacial score (nSPS) is 20.1. The largest absolute Gasteiger partial charge is 0.411 e. The molecule has 1 amide bonds. The zero-order valence-electron chi connectivity index (χ0n) is 10.4. The predicted octanol–water partition coefficient (Wildman–Crippen LogP) is 1.17. The Labute approximate surface area is 104 Å². The Hall–Kier alpha value is -0.820. The molecule has 1 aliphatic heterocycles. The molecule has 18 heavy (non-hydrogen) atoms. The lowest BCUT2D eigenvalue weighted by atomic mass is 10.2. The van der Waals surface area contributed by atoms with Gasteiger partial charge in [0.1, 0.15) is 13.2 Å². The van der Waals surface area contributed by atoms with E-state index < -0.39 is 25.3 Å². The molecule has 0 aromatic carbocycles. The van der Waals surface area contributed by atoms with Crippen molar-refractivity contribution in [2.24, 2.45) is 0 Å². The van der Waals surface area contributed by atoms with Gasteiger partial charge in [-0.1, -0.05) is 0 Å². The number of likely N-dealkylation sites (N-methyl/N-ethyl adjacent to an activating group) is 1. The average molecular weight is 268 g/mol. The first-order chi connectivity index (χ1) is 8.42. The predicted molar refractivity (Wildman–Crippen MR) is 60.2 cm³/mol. The van der Waals surface area contributed by atoms with E-state index in [2.05, 4.69) is 10.1 Å². The number of nitrogens with one attached hydrogen (secondary N) is 1. The molecule has 1 unspecified atom stereocenters. The Kier molecular flexibility index (Phi) is 5.87. The molecule has 1 atom stereocenters. The zero-order valence-corrected chi connectivity index (χ0v) is 10.4. The van der Waals surface area contributed by atoms with Crippen molar-refractivity contribution in [1.29, 1.82) is 0 Å². The van der Waals surface area contributed by atoms with Crippen LogP contribution in [-0.4, -0.2) is 55.9 Å². The third kappa shape index (κ3) is 5.68. The Bertz CT molecular complexity index is 266. The van der Waals surface area contributed by atoms with Crippen molar-refractivity contribution in [2.45, 2.75) is 32.0 Å². The molecule has 106 valence electrons. The lowest BCUT2D eigenvalue weighted by molar-refractivity contribution is -0.177. The number of amides is 1. The van der Waals surface area contributed by atoms with Crippen molar-refractivity contribution in [1.82, 2.24) is 10.2 Å². The van der Waals surface area contributed by atoms with Gasteiger partial charge in [0.15, 0.2) is 0 Å². The molecule has 0 aliphatic carbocycles. The van der Waals surface area contributed by atoms with E-state index in [9.17, 15) is 18.0 Å². The van der Waals surface area contributed by atoms with E-state index in [0.29, 0.717) is 13.1 Å². The van der Waals surface area contributed by atoms with Crippen molar-refractivity contribution in [3.63, 3.8) is 0 Å². The number of rotatable bonds is 6. The molecule has 7 heteroatoms. The van der Waals surface area contributed by atoms with Gasteiger partial charge in [-0.2, -0.15) is 13.2 Å². The maximum atomic E-state index is 11.9. The lowest BCUT2D eigenvalue weighted by Gasteiger charge is -2.24. The number of hydrogen-bond acceptors (Lipinski definition) is 3. The summed E-state index contributed by atoms with van der Waals surface area (Å²) < 4.78 is 39.9. The van der Waals surface area contributed by atoms with Crippen molar-refractivity contribution in [2.75, 3.05) is 32.8 Å². The highest BCUT2D eigenvalue weighted by Gasteiger charge is 2.28. The summed E-state index contributed by atoms with van der Waals surface area (Å²) >= 11 is 0.